The van der Waals surface area contributed by atoms with E-state index >= 15 is 0 Å². The molecular weight excluding hydrogens is 558 g/mol. The van der Waals surface area contributed by atoms with Gasteiger partial charge in [-0.2, -0.15) is 5.10 Å². The fourth-order valence-electron chi connectivity index (χ4n) is 5.64. The number of hydrogen-bond donors (Lipinski definition) is 1. The van der Waals surface area contributed by atoms with Crippen molar-refractivity contribution in [2.75, 3.05) is 31.8 Å². The summed E-state index contributed by atoms with van der Waals surface area (Å²) in [5.74, 6) is 1.03. The molecular formula is C32H30ClN3O6. The first-order chi connectivity index (χ1) is 20.3. The Morgan fingerprint density at radius 3 is 2.74 bits per heavy atom. The van der Waals surface area contributed by atoms with Crippen LogP contribution in [0.2, 0.25) is 5.02 Å². The van der Waals surface area contributed by atoms with Crippen LogP contribution in [-0.4, -0.2) is 53.8 Å². The lowest BCUT2D eigenvalue weighted by atomic mass is 9.93. The fraction of sp³-hybridized carbons (Fsp3) is 0.281. The number of rotatable bonds is 9. The summed E-state index contributed by atoms with van der Waals surface area (Å²) in [6, 6.07) is 16.2. The summed E-state index contributed by atoms with van der Waals surface area (Å²) in [7, 11) is 1.56. The zero-order valence-electron chi connectivity index (χ0n) is 23.2. The van der Waals surface area contributed by atoms with Crippen molar-refractivity contribution in [2.45, 2.75) is 25.8 Å². The van der Waals surface area contributed by atoms with Crippen molar-refractivity contribution in [2.24, 2.45) is 5.92 Å². The maximum absolute atomic E-state index is 13.2. The Morgan fingerprint density at radius 2 is 1.93 bits per heavy atom. The van der Waals surface area contributed by atoms with Gasteiger partial charge in [-0.1, -0.05) is 29.8 Å². The van der Waals surface area contributed by atoms with Crippen LogP contribution in [0.25, 0.3) is 11.1 Å². The van der Waals surface area contributed by atoms with Crippen molar-refractivity contribution in [1.29, 1.82) is 0 Å². The third-order valence-electron chi connectivity index (χ3n) is 7.89. The number of nitrogens with zero attached hydrogens (tertiary/aromatic N) is 3. The van der Waals surface area contributed by atoms with Crippen LogP contribution >= 0.6 is 11.6 Å². The first kappa shape index (κ1) is 27.7. The Morgan fingerprint density at radius 1 is 1.10 bits per heavy atom. The zero-order chi connectivity index (χ0) is 29.4. The Balaban J connectivity index is 1.18. The number of carbonyl (C=O) groups is 2. The molecule has 42 heavy (non-hydrogen) atoms. The Bertz CT molecular complexity index is 1670. The number of halogens is 1. The normalized spacial score (nSPS) is 16.8. The van der Waals surface area contributed by atoms with Crippen molar-refractivity contribution in [3.8, 4) is 22.6 Å². The average molecular weight is 588 g/mol. The average Bonchev–Trinajstić information content (AvgIpc) is 3.64. The van der Waals surface area contributed by atoms with Gasteiger partial charge >= 0.3 is 12.1 Å². The van der Waals surface area contributed by atoms with Gasteiger partial charge in [0.05, 0.1) is 31.1 Å². The highest BCUT2D eigenvalue weighted by molar-refractivity contribution is 6.31. The molecule has 2 aliphatic rings. The second-order valence-electron chi connectivity index (χ2n) is 10.5. The van der Waals surface area contributed by atoms with E-state index in [0.29, 0.717) is 47.0 Å². The predicted octanol–water partition coefficient (Wildman–Crippen LogP) is 6.41. The molecule has 4 aromatic rings. The van der Waals surface area contributed by atoms with E-state index in [0.717, 1.165) is 34.4 Å². The Labute approximate surface area is 248 Å². The van der Waals surface area contributed by atoms with Gasteiger partial charge in [0, 0.05) is 34.5 Å². The van der Waals surface area contributed by atoms with Crippen molar-refractivity contribution < 1.29 is 28.9 Å². The third kappa shape index (κ3) is 5.39. The second kappa shape index (κ2) is 11.4. The van der Waals surface area contributed by atoms with Gasteiger partial charge in [0.25, 0.3) is 0 Å². The standard InChI is InChI=1S/C32H30ClN3O6/c1-19-26(33)6-4-8-28(19)41-11-12-42-32(39)36-18-21-14-25(21)30-24(5-3-7-27(30)36)23-15-34-35(17-23)16-22-13-20(31(37)38)9-10-29(22)40-2/h3-10,13,15,17,21,25H,11-12,14,16,18H2,1-2H3,(H,37,38). The molecule has 1 fully saturated rings. The molecule has 1 aliphatic carbocycles. The molecule has 6 rings (SSSR count). The minimum Gasteiger partial charge on any atom is -0.496 e. The molecule has 2 heterocycles. The van der Waals surface area contributed by atoms with E-state index in [1.807, 2.05) is 37.4 Å². The lowest BCUT2D eigenvalue weighted by molar-refractivity contribution is 0.0696. The van der Waals surface area contributed by atoms with E-state index in [2.05, 4.69) is 11.2 Å². The topological polar surface area (TPSA) is 103 Å². The highest BCUT2D eigenvalue weighted by Gasteiger charge is 2.48. The highest BCUT2D eigenvalue weighted by Crippen LogP contribution is 2.57. The van der Waals surface area contributed by atoms with Crippen LogP contribution in [0, 0.1) is 12.8 Å². The number of methoxy groups -OCH3 is 1. The number of amides is 1. The lowest BCUT2D eigenvalue weighted by Crippen LogP contribution is -2.37. The largest absolute Gasteiger partial charge is 0.496 e. The summed E-state index contributed by atoms with van der Waals surface area (Å²) in [5.41, 5.74) is 5.68. The first-order valence-corrected chi connectivity index (χ1v) is 14.1. The molecule has 1 amide bonds. The van der Waals surface area contributed by atoms with E-state index in [4.69, 9.17) is 25.8 Å². The molecule has 0 bridgehead atoms. The molecule has 1 aliphatic heterocycles. The zero-order valence-corrected chi connectivity index (χ0v) is 24.0. The number of benzene rings is 3. The summed E-state index contributed by atoms with van der Waals surface area (Å²) in [4.78, 5) is 26.4. The fourth-order valence-corrected chi connectivity index (χ4v) is 5.81. The van der Waals surface area contributed by atoms with Crippen LogP contribution in [0.15, 0.2) is 67.0 Å². The minimum atomic E-state index is -0.998. The number of ether oxygens (including phenoxy) is 3. The number of carboxylic acids is 1. The second-order valence-corrected chi connectivity index (χ2v) is 10.9. The van der Waals surface area contributed by atoms with Crippen molar-refractivity contribution in [3.05, 3.63) is 94.3 Å². The van der Waals surface area contributed by atoms with Crippen LogP contribution in [0.1, 0.15) is 39.4 Å². The number of anilines is 1. The molecule has 0 spiro atoms. The summed E-state index contributed by atoms with van der Waals surface area (Å²) < 4.78 is 18.6. The molecule has 0 saturated heterocycles. The van der Waals surface area contributed by atoms with Gasteiger partial charge in [-0.05, 0) is 72.7 Å². The maximum atomic E-state index is 13.2. The molecule has 2 atom stereocenters. The van der Waals surface area contributed by atoms with E-state index in [1.165, 1.54) is 6.07 Å². The van der Waals surface area contributed by atoms with Gasteiger partial charge in [-0.15, -0.1) is 0 Å². The Kier molecular flexibility index (Phi) is 7.51. The van der Waals surface area contributed by atoms with Crippen molar-refractivity contribution in [1.82, 2.24) is 9.78 Å². The molecule has 216 valence electrons. The van der Waals surface area contributed by atoms with Crippen molar-refractivity contribution >= 4 is 29.4 Å². The van der Waals surface area contributed by atoms with Gasteiger partial charge in [-0.25, -0.2) is 9.59 Å². The molecule has 2 unspecified atom stereocenters. The highest BCUT2D eigenvalue weighted by atomic mass is 35.5. The monoisotopic (exact) mass is 587 g/mol. The number of carboxylic acid groups (broad SMARTS) is 1. The number of hydrogen-bond acceptors (Lipinski definition) is 6. The number of carbonyl (C=O) groups excluding carboxylic acids is 1. The maximum Gasteiger partial charge on any atom is 0.414 e. The van der Waals surface area contributed by atoms with E-state index in [-0.39, 0.29) is 18.8 Å². The van der Waals surface area contributed by atoms with Crippen molar-refractivity contribution in [3.63, 3.8) is 0 Å². The van der Waals surface area contributed by atoms with Gasteiger partial charge in [0.2, 0.25) is 0 Å². The van der Waals surface area contributed by atoms with Crippen LogP contribution in [0.3, 0.4) is 0 Å². The molecule has 1 saturated carbocycles. The van der Waals surface area contributed by atoms with Gasteiger partial charge in [0.15, 0.2) is 0 Å². The molecule has 9 nitrogen and oxygen atoms in total. The van der Waals surface area contributed by atoms with Crippen LogP contribution in [0.5, 0.6) is 11.5 Å². The Hall–Kier alpha value is -4.50. The summed E-state index contributed by atoms with van der Waals surface area (Å²) in [6.45, 7) is 3.19. The SMILES string of the molecule is COc1ccc(C(=O)O)cc1Cn1cc(-c2cccc3c2C2CC2CN3C(=O)OCCOc2cccc(Cl)c2C)cn1. The van der Waals surface area contributed by atoms with E-state index < -0.39 is 12.1 Å². The minimum absolute atomic E-state index is 0.115. The third-order valence-corrected chi connectivity index (χ3v) is 8.30. The quantitative estimate of drug-likeness (QED) is 0.226. The van der Waals surface area contributed by atoms with E-state index in [1.54, 1.807) is 41.1 Å². The van der Waals surface area contributed by atoms with Crippen LogP contribution in [0.4, 0.5) is 10.5 Å². The summed E-state index contributed by atoms with van der Waals surface area (Å²) in [5, 5.41) is 14.6. The summed E-state index contributed by atoms with van der Waals surface area (Å²) in [6.07, 6.45) is 4.35. The van der Waals surface area contributed by atoms with E-state index in [9.17, 15) is 14.7 Å². The summed E-state index contributed by atoms with van der Waals surface area (Å²) >= 11 is 6.17. The number of aromatic nitrogens is 2. The molecule has 1 aromatic heterocycles. The van der Waals surface area contributed by atoms with Crippen LogP contribution < -0.4 is 14.4 Å². The van der Waals surface area contributed by atoms with Gasteiger partial charge in [-0.3, -0.25) is 9.58 Å². The van der Waals surface area contributed by atoms with Gasteiger partial charge < -0.3 is 19.3 Å². The molecule has 10 heteroatoms. The first-order valence-electron chi connectivity index (χ1n) is 13.7. The van der Waals surface area contributed by atoms with Gasteiger partial charge in [0.1, 0.15) is 24.7 Å². The lowest BCUT2D eigenvalue weighted by Gasteiger charge is -2.29. The molecule has 3 aromatic carbocycles. The molecule has 1 N–H and O–H groups in total. The number of aromatic carboxylic acids is 1. The number of fused-ring (bicyclic) bond motifs is 3. The molecule has 0 radical (unpaired) electrons. The van der Waals surface area contributed by atoms with Crippen LogP contribution in [-0.2, 0) is 11.3 Å². The predicted molar refractivity (Wildman–Crippen MR) is 158 cm³/mol. The smallest absolute Gasteiger partial charge is 0.414 e.